The Labute approximate surface area is 131 Å². The molecule has 0 spiro atoms. The minimum absolute atomic E-state index is 0.0831. The number of aryl methyl sites for hydroxylation is 1. The average molecular weight is 308 g/mol. The Kier molecular flexibility index (Phi) is 4.68. The van der Waals surface area contributed by atoms with Crippen molar-refractivity contribution in [2.45, 2.75) is 46.2 Å². The number of nitrogens with zero attached hydrogens (tertiary/aromatic N) is 3. The Morgan fingerprint density at radius 3 is 2.59 bits per heavy atom. The van der Waals surface area contributed by atoms with E-state index in [2.05, 4.69) is 20.2 Å². The van der Waals surface area contributed by atoms with Crippen molar-refractivity contribution in [1.29, 1.82) is 0 Å². The predicted octanol–water partition coefficient (Wildman–Crippen LogP) is 2.26. The van der Waals surface area contributed by atoms with Crippen LogP contribution in [0.2, 0.25) is 0 Å². The first-order valence-corrected chi connectivity index (χ1v) is 7.71. The van der Waals surface area contributed by atoms with Crippen molar-refractivity contribution in [3.8, 4) is 0 Å². The van der Waals surface area contributed by atoms with Crippen LogP contribution in [0.3, 0.4) is 0 Å². The number of piperidine rings is 1. The molecule has 1 aliphatic heterocycles. The van der Waals surface area contributed by atoms with Crippen LogP contribution in [0.4, 0.5) is 10.2 Å². The third kappa shape index (κ3) is 4.15. The summed E-state index contributed by atoms with van der Waals surface area (Å²) in [4.78, 5) is 22.4. The van der Waals surface area contributed by atoms with Crippen LogP contribution in [0, 0.1) is 12.3 Å². The summed E-state index contributed by atoms with van der Waals surface area (Å²) in [6, 6.07) is 1.85. The quantitative estimate of drug-likeness (QED) is 0.930. The molecule has 1 saturated heterocycles. The third-order valence-corrected chi connectivity index (χ3v) is 3.99. The van der Waals surface area contributed by atoms with E-state index in [0.29, 0.717) is 31.8 Å². The Hall–Kier alpha value is -1.72. The molecular formula is C16H25FN4O. The van der Waals surface area contributed by atoms with Gasteiger partial charge < -0.3 is 10.2 Å². The first-order chi connectivity index (χ1) is 10.2. The maximum atomic E-state index is 14.8. The van der Waals surface area contributed by atoms with Gasteiger partial charge in [0.05, 0.1) is 6.54 Å². The van der Waals surface area contributed by atoms with Crippen LogP contribution < -0.4 is 10.2 Å². The Bertz CT molecular complexity index is 533. The summed E-state index contributed by atoms with van der Waals surface area (Å²) in [5.41, 5.74) is -1.82. The summed E-state index contributed by atoms with van der Waals surface area (Å²) in [7, 11) is 0. The van der Waals surface area contributed by atoms with Crippen LogP contribution in [0.15, 0.2) is 12.3 Å². The van der Waals surface area contributed by atoms with Crippen LogP contribution in [-0.2, 0) is 4.79 Å². The van der Waals surface area contributed by atoms with E-state index in [9.17, 15) is 9.18 Å². The Morgan fingerprint density at radius 1 is 1.41 bits per heavy atom. The number of alkyl halides is 1. The number of carbonyl (C=O) groups is 1. The minimum atomic E-state index is -1.33. The molecule has 0 radical (unpaired) electrons. The molecule has 1 fully saturated rings. The fourth-order valence-corrected chi connectivity index (χ4v) is 2.44. The van der Waals surface area contributed by atoms with Gasteiger partial charge in [-0.25, -0.2) is 14.4 Å². The normalized spacial score (nSPS) is 18.1. The second-order valence-electron chi connectivity index (χ2n) is 7.03. The van der Waals surface area contributed by atoms with E-state index in [0.717, 1.165) is 5.82 Å². The summed E-state index contributed by atoms with van der Waals surface area (Å²) >= 11 is 0. The van der Waals surface area contributed by atoms with E-state index < -0.39 is 11.1 Å². The maximum absolute atomic E-state index is 14.8. The summed E-state index contributed by atoms with van der Waals surface area (Å²) in [5, 5.41) is 2.74. The molecule has 0 aliphatic carbocycles. The smallest absolute Gasteiger partial charge is 0.225 e. The van der Waals surface area contributed by atoms with E-state index >= 15 is 0 Å². The van der Waals surface area contributed by atoms with E-state index in [1.54, 1.807) is 6.20 Å². The largest absolute Gasteiger partial charge is 0.356 e. The molecule has 2 rings (SSSR count). The molecule has 1 aromatic rings. The monoisotopic (exact) mass is 308 g/mol. The van der Waals surface area contributed by atoms with Crippen molar-refractivity contribution >= 4 is 11.7 Å². The molecule has 1 aliphatic rings. The first-order valence-electron chi connectivity index (χ1n) is 7.71. The predicted molar refractivity (Wildman–Crippen MR) is 84.5 cm³/mol. The molecule has 1 aromatic heterocycles. The fourth-order valence-electron chi connectivity index (χ4n) is 2.44. The van der Waals surface area contributed by atoms with Gasteiger partial charge in [0.25, 0.3) is 0 Å². The first kappa shape index (κ1) is 16.6. The van der Waals surface area contributed by atoms with Gasteiger partial charge in [-0.05, 0) is 13.0 Å². The SMILES string of the molecule is Cc1nccc(N2CCC(F)(CNC(=O)C(C)(C)C)CC2)n1. The Morgan fingerprint density at radius 2 is 2.05 bits per heavy atom. The molecule has 6 heteroatoms. The van der Waals surface area contributed by atoms with Crippen LogP contribution in [-0.4, -0.2) is 41.2 Å². The number of carbonyl (C=O) groups excluding carboxylic acids is 1. The van der Waals surface area contributed by atoms with Crippen LogP contribution >= 0.6 is 0 Å². The van der Waals surface area contributed by atoms with Crippen molar-refractivity contribution in [2.75, 3.05) is 24.5 Å². The van der Waals surface area contributed by atoms with Gasteiger partial charge in [0.15, 0.2) is 0 Å². The summed E-state index contributed by atoms with van der Waals surface area (Å²) < 4.78 is 14.8. The lowest BCUT2D eigenvalue weighted by Crippen LogP contribution is -2.50. The maximum Gasteiger partial charge on any atom is 0.225 e. The number of hydrogen-bond donors (Lipinski definition) is 1. The van der Waals surface area contributed by atoms with E-state index in [1.807, 2.05) is 33.8 Å². The highest BCUT2D eigenvalue weighted by molar-refractivity contribution is 5.81. The molecule has 1 amide bonds. The topological polar surface area (TPSA) is 58.1 Å². The second-order valence-corrected chi connectivity index (χ2v) is 7.03. The lowest BCUT2D eigenvalue weighted by Gasteiger charge is -2.37. The lowest BCUT2D eigenvalue weighted by atomic mass is 9.91. The van der Waals surface area contributed by atoms with E-state index in [-0.39, 0.29) is 12.5 Å². The summed E-state index contributed by atoms with van der Waals surface area (Å²) in [6.45, 7) is 8.60. The highest BCUT2D eigenvalue weighted by Crippen LogP contribution is 2.28. The van der Waals surface area contributed by atoms with Crippen molar-refractivity contribution in [3.63, 3.8) is 0 Å². The molecule has 0 saturated carbocycles. The standard InChI is InChI=1S/C16H25FN4O/c1-12-18-8-5-13(20-12)21-9-6-16(17,7-10-21)11-19-14(22)15(2,3)4/h5,8H,6-7,9-11H2,1-4H3,(H,19,22). The van der Waals surface area contributed by atoms with E-state index in [1.165, 1.54) is 0 Å². The van der Waals surface area contributed by atoms with Crippen molar-refractivity contribution in [3.05, 3.63) is 18.1 Å². The number of halogens is 1. The van der Waals surface area contributed by atoms with Crippen LogP contribution in [0.5, 0.6) is 0 Å². The van der Waals surface area contributed by atoms with Crippen molar-refractivity contribution in [1.82, 2.24) is 15.3 Å². The second kappa shape index (κ2) is 6.18. The molecule has 2 heterocycles. The molecule has 22 heavy (non-hydrogen) atoms. The molecule has 0 bridgehead atoms. The van der Waals surface area contributed by atoms with Gasteiger partial charge in [-0.15, -0.1) is 0 Å². The summed E-state index contributed by atoms with van der Waals surface area (Å²) in [6.07, 6.45) is 2.50. The molecule has 0 atom stereocenters. The third-order valence-electron chi connectivity index (χ3n) is 3.99. The number of rotatable bonds is 3. The van der Waals surface area contributed by atoms with Crippen LogP contribution in [0.25, 0.3) is 0 Å². The average Bonchev–Trinajstić information content (AvgIpc) is 2.44. The van der Waals surface area contributed by atoms with Gasteiger partial charge in [0.1, 0.15) is 17.3 Å². The number of hydrogen-bond acceptors (Lipinski definition) is 4. The van der Waals surface area contributed by atoms with Crippen LogP contribution in [0.1, 0.15) is 39.4 Å². The van der Waals surface area contributed by atoms with Crippen molar-refractivity contribution in [2.24, 2.45) is 5.41 Å². The molecule has 122 valence electrons. The zero-order chi connectivity index (χ0) is 16.4. The highest BCUT2D eigenvalue weighted by atomic mass is 19.1. The molecule has 0 unspecified atom stereocenters. The fraction of sp³-hybridized carbons (Fsp3) is 0.688. The number of anilines is 1. The number of amides is 1. The summed E-state index contributed by atoms with van der Waals surface area (Å²) in [5.74, 6) is 1.44. The number of aromatic nitrogens is 2. The minimum Gasteiger partial charge on any atom is -0.356 e. The number of nitrogens with one attached hydrogen (secondary N) is 1. The van der Waals surface area contributed by atoms with Gasteiger partial charge in [-0.1, -0.05) is 20.8 Å². The highest BCUT2D eigenvalue weighted by Gasteiger charge is 2.36. The lowest BCUT2D eigenvalue weighted by molar-refractivity contribution is -0.129. The zero-order valence-electron chi connectivity index (χ0n) is 13.8. The Balaban J connectivity index is 1.89. The van der Waals surface area contributed by atoms with Crippen molar-refractivity contribution < 1.29 is 9.18 Å². The van der Waals surface area contributed by atoms with E-state index in [4.69, 9.17) is 0 Å². The van der Waals surface area contributed by atoms with Gasteiger partial charge in [-0.3, -0.25) is 4.79 Å². The molecule has 5 nitrogen and oxygen atoms in total. The van der Waals surface area contributed by atoms with Gasteiger partial charge in [0.2, 0.25) is 5.91 Å². The van der Waals surface area contributed by atoms with Gasteiger partial charge >= 0.3 is 0 Å². The zero-order valence-corrected chi connectivity index (χ0v) is 13.8. The molecular weight excluding hydrogens is 283 g/mol. The molecule has 1 N–H and O–H groups in total. The van der Waals surface area contributed by atoms with Gasteiger partial charge in [-0.2, -0.15) is 0 Å². The van der Waals surface area contributed by atoms with Gasteiger partial charge in [0, 0.05) is 37.5 Å². The molecule has 0 aromatic carbocycles.